The Bertz CT molecular complexity index is 521. The van der Waals surface area contributed by atoms with E-state index in [2.05, 4.69) is 0 Å². The summed E-state index contributed by atoms with van der Waals surface area (Å²) in [6, 6.07) is 15.4. The van der Waals surface area contributed by atoms with Crippen LogP contribution in [0.3, 0.4) is 0 Å². The number of nitrogens with two attached hydrogens (primary N) is 1. The largest absolute Gasteiger partial charge is 0.388 e. The van der Waals surface area contributed by atoms with Crippen molar-refractivity contribution in [2.24, 2.45) is 5.73 Å². The molecule has 0 radical (unpaired) electrons. The molecule has 0 amide bonds. The quantitative estimate of drug-likeness (QED) is 0.898. The van der Waals surface area contributed by atoms with Crippen molar-refractivity contribution < 1.29 is 5.11 Å². The van der Waals surface area contributed by atoms with E-state index < -0.39 is 6.10 Å². The van der Waals surface area contributed by atoms with Gasteiger partial charge in [-0.05, 0) is 35.7 Å². The van der Waals surface area contributed by atoms with Crippen LogP contribution in [0.15, 0.2) is 48.5 Å². The summed E-state index contributed by atoms with van der Waals surface area (Å²) in [4.78, 5) is 0. The number of hydrogen-bond donors (Lipinski definition) is 2. The Morgan fingerprint density at radius 2 is 1.79 bits per heavy atom. The van der Waals surface area contributed by atoms with Gasteiger partial charge in [0.2, 0.25) is 0 Å². The van der Waals surface area contributed by atoms with Gasteiger partial charge in [-0.1, -0.05) is 48.0 Å². The van der Waals surface area contributed by atoms with Gasteiger partial charge < -0.3 is 10.8 Å². The summed E-state index contributed by atoms with van der Waals surface area (Å²) in [6.07, 6.45) is -0.648. The maximum absolute atomic E-state index is 10.5. The van der Waals surface area contributed by atoms with Gasteiger partial charge in [0.05, 0.1) is 6.10 Å². The molecular weight excluding hydrogens is 258 g/mol. The molecule has 19 heavy (non-hydrogen) atoms. The third-order valence-electron chi connectivity index (χ3n) is 3.27. The highest BCUT2D eigenvalue weighted by atomic mass is 35.5. The fourth-order valence-corrected chi connectivity index (χ4v) is 2.61. The van der Waals surface area contributed by atoms with Crippen molar-refractivity contribution in [2.75, 3.05) is 6.54 Å². The third kappa shape index (κ3) is 3.35. The van der Waals surface area contributed by atoms with Crippen LogP contribution in [0.25, 0.3) is 0 Å². The van der Waals surface area contributed by atoms with Gasteiger partial charge >= 0.3 is 0 Å². The van der Waals surface area contributed by atoms with Gasteiger partial charge in [-0.25, -0.2) is 0 Å². The minimum atomic E-state index is -0.648. The van der Waals surface area contributed by atoms with Crippen LogP contribution in [0.2, 0.25) is 5.02 Å². The predicted octanol–water partition coefficient (Wildman–Crippen LogP) is 3.42. The monoisotopic (exact) mass is 275 g/mol. The second kappa shape index (κ2) is 6.20. The Hall–Kier alpha value is -1.35. The maximum atomic E-state index is 10.5. The summed E-state index contributed by atoms with van der Waals surface area (Å²) in [5, 5.41) is 11.2. The average molecular weight is 276 g/mol. The molecule has 2 nitrogen and oxygen atoms in total. The summed E-state index contributed by atoms with van der Waals surface area (Å²) in [7, 11) is 0. The summed E-state index contributed by atoms with van der Waals surface area (Å²) in [5.74, 6) is -0.126. The van der Waals surface area contributed by atoms with Gasteiger partial charge in [-0.2, -0.15) is 0 Å². The SMILES string of the molecule is Cc1cc(Cl)cc(C(O)C(CN)c2ccccc2)c1. The predicted molar refractivity (Wildman–Crippen MR) is 79.4 cm³/mol. The number of aryl methyl sites for hydroxylation is 1. The molecule has 2 aromatic rings. The molecule has 2 unspecified atom stereocenters. The van der Waals surface area contributed by atoms with Crippen LogP contribution in [-0.4, -0.2) is 11.7 Å². The first kappa shape index (κ1) is 14.1. The fourth-order valence-electron chi connectivity index (χ4n) is 2.32. The van der Waals surface area contributed by atoms with Crippen molar-refractivity contribution >= 4 is 11.6 Å². The molecule has 2 rings (SSSR count). The Kier molecular flexibility index (Phi) is 4.59. The lowest BCUT2D eigenvalue weighted by molar-refractivity contribution is 0.147. The molecule has 0 heterocycles. The molecule has 0 bridgehead atoms. The molecular formula is C16H18ClNO. The first-order valence-corrected chi connectivity index (χ1v) is 6.70. The zero-order valence-corrected chi connectivity index (χ0v) is 11.6. The lowest BCUT2D eigenvalue weighted by atomic mass is 9.89. The van der Waals surface area contributed by atoms with Crippen molar-refractivity contribution in [3.8, 4) is 0 Å². The highest BCUT2D eigenvalue weighted by molar-refractivity contribution is 6.30. The number of aliphatic hydroxyl groups is 1. The zero-order chi connectivity index (χ0) is 13.8. The van der Waals surface area contributed by atoms with Crippen molar-refractivity contribution in [3.05, 3.63) is 70.2 Å². The van der Waals surface area contributed by atoms with Crippen LogP contribution >= 0.6 is 11.6 Å². The lowest BCUT2D eigenvalue weighted by Crippen LogP contribution is -2.20. The van der Waals surface area contributed by atoms with E-state index in [9.17, 15) is 5.11 Å². The number of halogens is 1. The van der Waals surface area contributed by atoms with Gasteiger partial charge in [0, 0.05) is 17.5 Å². The normalized spacial score (nSPS) is 14.1. The van der Waals surface area contributed by atoms with E-state index in [1.54, 1.807) is 6.07 Å². The van der Waals surface area contributed by atoms with Gasteiger partial charge in [-0.15, -0.1) is 0 Å². The lowest BCUT2D eigenvalue weighted by Gasteiger charge is -2.22. The van der Waals surface area contributed by atoms with Crippen LogP contribution in [-0.2, 0) is 0 Å². The summed E-state index contributed by atoms with van der Waals surface area (Å²) in [6.45, 7) is 2.35. The molecule has 0 saturated carbocycles. The van der Waals surface area contributed by atoms with E-state index in [-0.39, 0.29) is 5.92 Å². The molecule has 100 valence electrons. The molecule has 0 aromatic heterocycles. The topological polar surface area (TPSA) is 46.2 Å². The Morgan fingerprint density at radius 3 is 2.37 bits per heavy atom. The van der Waals surface area contributed by atoms with Gasteiger partial charge in [0.1, 0.15) is 0 Å². The second-order valence-corrected chi connectivity index (χ2v) is 5.20. The highest BCUT2D eigenvalue weighted by Gasteiger charge is 2.21. The molecule has 2 atom stereocenters. The Morgan fingerprint density at radius 1 is 1.11 bits per heavy atom. The summed E-state index contributed by atoms with van der Waals surface area (Å²) >= 11 is 6.05. The van der Waals surface area contributed by atoms with E-state index in [4.69, 9.17) is 17.3 Å². The first-order chi connectivity index (χ1) is 9.11. The number of rotatable bonds is 4. The molecule has 0 aliphatic heterocycles. The third-order valence-corrected chi connectivity index (χ3v) is 3.49. The van der Waals surface area contributed by atoms with Crippen molar-refractivity contribution in [1.29, 1.82) is 0 Å². The Labute approximate surface area is 118 Å². The standard InChI is InChI=1S/C16H18ClNO/c1-11-7-13(9-14(17)8-11)16(19)15(10-18)12-5-3-2-4-6-12/h2-9,15-16,19H,10,18H2,1H3. The van der Waals surface area contributed by atoms with Crippen molar-refractivity contribution in [2.45, 2.75) is 18.9 Å². The highest BCUT2D eigenvalue weighted by Crippen LogP contribution is 2.31. The van der Waals surface area contributed by atoms with E-state index in [1.807, 2.05) is 49.4 Å². The molecule has 0 fully saturated rings. The smallest absolute Gasteiger partial charge is 0.0871 e. The van der Waals surface area contributed by atoms with Crippen molar-refractivity contribution in [3.63, 3.8) is 0 Å². The fraction of sp³-hybridized carbons (Fsp3) is 0.250. The maximum Gasteiger partial charge on any atom is 0.0871 e. The minimum Gasteiger partial charge on any atom is -0.388 e. The van der Waals surface area contributed by atoms with E-state index in [0.29, 0.717) is 11.6 Å². The summed E-state index contributed by atoms with van der Waals surface area (Å²) in [5.41, 5.74) is 8.71. The number of hydrogen-bond acceptors (Lipinski definition) is 2. The number of aliphatic hydroxyl groups excluding tert-OH is 1. The summed E-state index contributed by atoms with van der Waals surface area (Å²) < 4.78 is 0. The first-order valence-electron chi connectivity index (χ1n) is 6.32. The van der Waals surface area contributed by atoms with Crippen molar-refractivity contribution in [1.82, 2.24) is 0 Å². The minimum absolute atomic E-state index is 0.126. The average Bonchev–Trinajstić information content (AvgIpc) is 2.39. The van der Waals surface area contributed by atoms with Crippen LogP contribution < -0.4 is 5.73 Å². The van der Waals surface area contributed by atoms with Gasteiger partial charge in [-0.3, -0.25) is 0 Å². The Balaban J connectivity index is 2.33. The van der Waals surface area contributed by atoms with Gasteiger partial charge in [0.15, 0.2) is 0 Å². The van der Waals surface area contributed by atoms with E-state index >= 15 is 0 Å². The molecule has 0 aliphatic rings. The van der Waals surface area contributed by atoms with Crippen LogP contribution in [0.4, 0.5) is 0 Å². The molecule has 2 aromatic carbocycles. The van der Waals surface area contributed by atoms with E-state index in [0.717, 1.165) is 16.7 Å². The zero-order valence-electron chi connectivity index (χ0n) is 10.9. The molecule has 0 spiro atoms. The molecule has 3 heteroatoms. The van der Waals surface area contributed by atoms with Crippen LogP contribution in [0, 0.1) is 6.92 Å². The molecule has 3 N–H and O–H groups in total. The van der Waals surface area contributed by atoms with Crippen LogP contribution in [0.5, 0.6) is 0 Å². The second-order valence-electron chi connectivity index (χ2n) is 4.76. The van der Waals surface area contributed by atoms with E-state index in [1.165, 1.54) is 0 Å². The molecule has 0 aliphatic carbocycles. The van der Waals surface area contributed by atoms with Gasteiger partial charge in [0.25, 0.3) is 0 Å². The number of benzene rings is 2. The molecule has 0 saturated heterocycles. The van der Waals surface area contributed by atoms with Crippen LogP contribution in [0.1, 0.15) is 28.7 Å².